The molecule has 2 atom stereocenters. The van der Waals surface area contributed by atoms with E-state index in [2.05, 4.69) is 24.1 Å². The van der Waals surface area contributed by atoms with Crippen LogP contribution in [0.1, 0.15) is 71.3 Å². The Morgan fingerprint density at radius 3 is 2.61 bits per heavy atom. The lowest BCUT2D eigenvalue weighted by Crippen LogP contribution is -2.50. The average molecular weight is 504 g/mol. The number of alkyl carbamates (subject to hydrolysis) is 1. The first-order valence-corrected chi connectivity index (χ1v) is 13.7. The minimum atomic E-state index is -0.766. The molecule has 1 unspecified atom stereocenters. The number of anilines is 1. The number of carbonyl (C=O) groups excluding carboxylic acids is 2. The zero-order valence-corrected chi connectivity index (χ0v) is 22.1. The van der Waals surface area contributed by atoms with Crippen molar-refractivity contribution >= 4 is 17.7 Å². The van der Waals surface area contributed by atoms with Crippen LogP contribution in [-0.2, 0) is 19.7 Å². The lowest BCUT2D eigenvalue weighted by molar-refractivity contribution is -0.145. The van der Waals surface area contributed by atoms with Crippen LogP contribution in [0, 0.1) is 11.7 Å². The number of amides is 2. The van der Waals surface area contributed by atoms with Crippen molar-refractivity contribution < 1.29 is 23.5 Å². The summed E-state index contributed by atoms with van der Waals surface area (Å²) < 4.78 is 25.1. The molecule has 8 heteroatoms. The Kier molecular flexibility index (Phi) is 8.75. The van der Waals surface area contributed by atoms with E-state index in [-0.39, 0.29) is 23.2 Å². The molecule has 2 fully saturated rings. The second-order valence-corrected chi connectivity index (χ2v) is 11.2. The van der Waals surface area contributed by atoms with Crippen molar-refractivity contribution in [2.45, 2.75) is 83.3 Å². The highest BCUT2D eigenvalue weighted by atomic mass is 19.1. The molecule has 2 heterocycles. The van der Waals surface area contributed by atoms with Crippen LogP contribution in [0.25, 0.3) is 0 Å². The Balaban J connectivity index is 1.39. The molecule has 36 heavy (non-hydrogen) atoms. The lowest BCUT2D eigenvalue weighted by Gasteiger charge is -2.33. The van der Waals surface area contributed by atoms with E-state index in [9.17, 15) is 14.0 Å². The van der Waals surface area contributed by atoms with E-state index in [1.807, 2.05) is 13.0 Å². The van der Waals surface area contributed by atoms with E-state index in [0.717, 1.165) is 30.6 Å². The molecule has 200 valence electrons. The molecule has 1 N–H and O–H groups in total. The first-order chi connectivity index (χ1) is 17.3. The van der Waals surface area contributed by atoms with Crippen LogP contribution in [0.4, 0.5) is 14.9 Å². The Morgan fingerprint density at radius 2 is 1.92 bits per heavy atom. The van der Waals surface area contributed by atoms with Crippen LogP contribution in [0.5, 0.6) is 0 Å². The molecule has 1 aromatic carbocycles. The molecule has 7 nitrogen and oxygen atoms in total. The smallest absolute Gasteiger partial charge is 0.408 e. The maximum absolute atomic E-state index is 13.9. The number of hydrogen-bond acceptors (Lipinski definition) is 5. The van der Waals surface area contributed by atoms with Crippen LogP contribution in [0.2, 0.25) is 0 Å². The maximum atomic E-state index is 13.9. The summed E-state index contributed by atoms with van der Waals surface area (Å²) in [6.45, 7) is 9.70. The number of morpholine rings is 1. The summed E-state index contributed by atoms with van der Waals surface area (Å²) in [5.74, 6) is 0.0721. The SMILES string of the molecule is CC[C@@H](CN1CC(C)(C)c2cc(F)ccc21)NC(=O)OC(CC1CCCCC1)C(=O)N1CCOCC1. The predicted octanol–water partition coefficient (Wildman–Crippen LogP) is 4.63. The number of rotatable bonds is 8. The van der Waals surface area contributed by atoms with Crippen LogP contribution in [-0.4, -0.2) is 68.4 Å². The quantitative estimate of drug-likeness (QED) is 0.560. The van der Waals surface area contributed by atoms with Crippen molar-refractivity contribution in [3.8, 4) is 0 Å². The molecular weight excluding hydrogens is 461 g/mol. The molecule has 0 bridgehead atoms. The van der Waals surface area contributed by atoms with Crippen molar-refractivity contribution in [1.29, 1.82) is 0 Å². The largest absolute Gasteiger partial charge is 0.436 e. The maximum Gasteiger partial charge on any atom is 0.408 e. The number of hydrogen-bond donors (Lipinski definition) is 1. The summed E-state index contributed by atoms with van der Waals surface area (Å²) in [4.78, 5) is 30.3. The highest BCUT2D eigenvalue weighted by molar-refractivity contribution is 5.83. The molecule has 0 radical (unpaired) electrons. The van der Waals surface area contributed by atoms with Gasteiger partial charge in [0.05, 0.1) is 13.2 Å². The standard InChI is InChI=1S/C28H42FN3O4/c1-4-22(18-32-19-28(2,3)23-17-21(29)10-11-24(23)32)30-27(34)36-25(16-20-8-6-5-7-9-20)26(33)31-12-14-35-15-13-31/h10-11,17,20,22,25H,4-9,12-16,18-19H2,1-3H3,(H,30,34)/t22-,25?/m0/s1. The number of nitrogens with zero attached hydrogens (tertiary/aromatic N) is 2. The van der Waals surface area contributed by atoms with Gasteiger partial charge in [-0.3, -0.25) is 4.79 Å². The second-order valence-electron chi connectivity index (χ2n) is 11.2. The first kappa shape index (κ1) is 26.7. The van der Waals surface area contributed by atoms with Gasteiger partial charge in [-0.25, -0.2) is 9.18 Å². The van der Waals surface area contributed by atoms with E-state index >= 15 is 0 Å². The van der Waals surface area contributed by atoms with Crippen molar-refractivity contribution in [3.63, 3.8) is 0 Å². The van der Waals surface area contributed by atoms with Crippen LogP contribution < -0.4 is 10.2 Å². The van der Waals surface area contributed by atoms with E-state index in [4.69, 9.17) is 9.47 Å². The molecule has 2 amide bonds. The third kappa shape index (κ3) is 6.50. The van der Waals surface area contributed by atoms with Crippen molar-refractivity contribution in [2.24, 2.45) is 5.92 Å². The van der Waals surface area contributed by atoms with Gasteiger partial charge >= 0.3 is 6.09 Å². The number of nitrogens with one attached hydrogen (secondary N) is 1. The molecule has 3 aliphatic rings. The normalized spacial score (nSPS) is 21.6. The topological polar surface area (TPSA) is 71.1 Å². The van der Waals surface area contributed by atoms with Crippen LogP contribution in [0.15, 0.2) is 18.2 Å². The minimum absolute atomic E-state index is 0.107. The van der Waals surface area contributed by atoms with Gasteiger partial charge in [0.15, 0.2) is 6.10 Å². The third-order valence-electron chi connectivity index (χ3n) is 7.99. The van der Waals surface area contributed by atoms with Gasteiger partial charge in [-0.05, 0) is 42.5 Å². The van der Waals surface area contributed by atoms with Gasteiger partial charge in [0.25, 0.3) is 5.91 Å². The number of fused-ring (bicyclic) bond motifs is 1. The number of benzene rings is 1. The zero-order valence-electron chi connectivity index (χ0n) is 22.1. The zero-order chi connectivity index (χ0) is 25.7. The van der Waals surface area contributed by atoms with Gasteiger partial charge in [0.1, 0.15) is 5.82 Å². The van der Waals surface area contributed by atoms with E-state index < -0.39 is 12.2 Å². The Labute approximate surface area is 214 Å². The van der Waals surface area contributed by atoms with E-state index in [1.165, 1.54) is 25.3 Å². The summed E-state index contributed by atoms with van der Waals surface area (Å²) in [5.41, 5.74) is 1.82. The number of halogens is 1. The van der Waals surface area contributed by atoms with E-state index in [0.29, 0.717) is 51.6 Å². The third-order valence-corrected chi connectivity index (χ3v) is 7.99. The molecule has 0 aromatic heterocycles. The monoisotopic (exact) mass is 503 g/mol. The van der Waals surface area contributed by atoms with Crippen molar-refractivity contribution in [1.82, 2.24) is 10.2 Å². The highest BCUT2D eigenvalue weighted by Gasteiger charge is 2.37. The molecule has 4 rings (SSSR count). The van der Waals surface area contributed by atoms with Gasteiger partial charge in [-0.2, -0.15) is 0 Å². The molecule has 1 aromatic rings. The van der Waals surface area contributed by atoms with Gasteiger partial charge in [0.2, 0.25) is 0 Å². The molecule has 1 saturated heterocycles. The lowest BCUT2D eigenvalue weighted by atomic mass is 9.85. The second kappa shape index (κ2) is 11.8. The van der Waals surface area contributed by atoms with Crippen LogP contribution in [0.3, 0.4) is 0 Å². The van der Waals surface area contributed by atoms with E-state index in [1.54, 1.807) is 11.0 Å². The van der Waals surface area contributed by atoms with Crippen molar-refractivity contribution in [2.75, 3.05) is 44.3 Å². The summed E-state index contributed by atoms with van der Waals surface area (Å²) in [5, 5.41) is 3.02. The summed E-state index contributed by atoms with van der Waals surface area (Å²) >= 11 is 0. The fourth-order valence-corrected chi connectivity index (χ4v) is 5.92. The molecular formula is C28H42FN3O4. The number of ether oxygens (including phenoxy) is 2. The molecule has 1 aliphatic carbocycles. The Hall–Kier alpha value is -2.35. The van der Waals surface area contributed by atoms with Gasteiger partial charge in [-0.1, -0.05) is 52.9 Å². The summed E-state index contributed by atoms with van der Waals surface area (Å²) in [6, 6.07) is 4.78. The molecule has 0 spiro atoms. The fourth-order valence-electron chi connectivity index (χ4n) is 5.92. The molecule has 2 aliphatic heterocycles. The van der Waals surface area contributed by atoms with Gasteiger partial charge in [0, 0.05) is 43.3 Å². The minimum Gasteiger partial charge on any atom is -0.436 e. The Bertz CT molecular complexity index is 912. The highest BCUT2D eigenvalue weighted by Crippen LogP contribution is 2.40. The first-order valence-electron chi connectivity index (χ1n) is 13.7. The summed E-state index contributed by atoms with van der Waals surface area (Å²) in [7, 11) is 0. The predicted molar refractivity (Wildman–Crippen MR) is 138 cm³/mol. The Morgan fingerprint density at radius 1 is 1.19 bits per heavy atom. The summed E-state index contributed by atoms with van der Waals surface area (Å²) in [6.07, 6.45) is 5.74. The van der Waals surface area contributed by atoms with Crippen molar-refractivity contribution in [3.05, 3.63) is 29.6 Å². The molecule has 1 saturated carbocycles. The fraction of sp³-hybridized carbons (Fsp3) is 0.714. The van der Waals surface area contributed by atoms with Crippen LogP contribution >= 0.6 is 0 Å². The number of carbonyl (C=O) groups is 2. The average Bonchev–Trinajstić information content (AvgIpc) is 3.12. The van der Waals surface area contributed by atoms with Gasteiger partial charge < -0.3 is 24.6 Å². The van der Waals surface area contributed by atoms with Gasteiger partial charge in [-0.15, -0.1) is 0 Å².